The summed E-state index contributed by atoms with van der Waals surface area (Å²) in [5, 5.41) is 3.57. The number of rotatable bonds is 5. The Morgan fingerprint density at radius 1 is 1.25 bits per heavy atom. The predicted octanol–water partition coefficient (Wildman–Crippen LogP) is 3.05. The van der Waals surface area contributed by atoms with Crippen LogP contribution in [0.2, 0.25) is 0 Å². The molecule has 2 atom stereocenters. The van der Waals surface area contributed by atoms with Gasteiger partial charge < -0.3 is 9.73 Å². The molecule has 1 aliphatic heterocycles. The van der Waals surface area contributed by atoms with E-state index >= 15 is 0 Å². The van der Waals surface area contributed by atoms with Gasteiger partial charge in [-0.05, 0) is 44.1 Å². The quantitative estimate of drug-likeness (QED) is 0.905. The number of hydrogen-bond donors (Lipinski definition) is 1. The summed E-state index contributed by atoms with van der Waals surface area (Å²) in [5.41, 5.74) is 1.28. The molecule has 1 saturated heterocycles. The van der Waals surface area contributed by atoms with E-state index in [-0.39, 0.29) is 6.04 Å². The van der Waals surface area contributed by atoms with Crippen LogP contribution < -0.4 is 5.32 Å². The fraction of sp³-hybridized carbons (Fsp3) is 0.412. The first-order valence-electron chi connectivity index (χ1n) is 7.36. The molecule has 0 amide bonds. The highest BCUT2D eigenvalue weighted by Crippen LogP contribution is 2.28. The van der Waals surface area contributed by atoms with E-state index in [1.165, 1.54) is 18.4 Å². The van der Waals surface area contributed by atoms with E-state index in [2.05, 4.69) is 53.7 Å². The lowest BCUT2D eigenvalue weighted by Crippen LogP contribution is -2.37. The molecule has 1 aromatic heterocycles. The third-order valence-electron chi connectivity index (χ3n) is 4.04. The summed E-state index contributed by atoms with van der Waals surface area (Å²) < 4.78 is 5.67. The Bertz CT molecular complexity index is 503. The van der Waals surface area contributed by atoms with Gasteiger partial charge in [-0.15, -0.1) is 0 Å². The molecule has 1 fully saturated rings. The Hall–Kier alpha value is -1.58. The van der Waals surface area contributed by atoms with Crippen molar-refractivity contribution in [2.75, 3.05) is 20.1 Å². The van der Waals surface area contributed by atoms with Crippen LogP contribution in [0.3, 0.4) is 0 Å². The van der Waals surface area contributed by atoms with Gasteiger partial charge in [0.2, 0.25) is 0 Å². The van der Waals surface area contributed by atoms with Crippen molar-refractivity contribution in [2.45, 2.75) is 24.9 Å². The highest BCUT2D eigenvalue weighted by Gasteiger charge is 2.25. The summed E-state index contributed by atoms with van der Waals surface area (Å²) in [6.07, 6.45) is 4.31. The van der Waals surface area contributed by atoms with Crippen molar-refractivity contribution in [3.05, 3.63) is 60.1 Å². The first-order chi connectivity index (χ1) is 9.84. The third-order valence-corrected chi connectivity index (χ3v) is 4.04. The molecule has 1 aliphatic rings. The van der Waals surface area contributed by atoms with Crippen molar-refractivity contribution in [2.24, 2.45) is 0 Å². The van der Waals surface area contributed by atoms with Crippen molar-refractivity contribution in [3.63, 3.8) is 0 Å². The fourth-order valence-corrected chi connectivity index (χ4v) is 3.08. The molecule has 3 heteroatoms. The van der Waals surface area contributed by atoms with Crippen LogP contribution in [0, 0.1) is 0 Å². The van der Waals surface area contributed by atoms with E-state index in [1.54, 1.807) is 6.26 Å². The minimum atomic E-state index is 0.189. The third kappa shape index (κ3) is 2.94. The number of nitrogens with one attached hydrogen (secondary N) is 1. The van der Waals surface area contributed by atoms with Gasteiger partial charge in [-0.3, -0.25) is 4.90 Å². The molecular formula is C17H22N2O. The summed E-state index contributed by atoms with van der Waals surface area (Å²) in [4.78, 5) is 2.39. The molecule has 2 aromatic rings. The van der Waals surface area contributed by atoms with E-state index in [1.807, 2.05) is 6.07 Å². The molecule has 2 heterocycles. The Kier molecular flexibility index (Phi) is 4.19. The zero-order valence-electron chi connectivity index (χ0n) is 12.0. The lowest BCUT2D eigenvalue weighted by molar-refractivity contribution is 0.228. The maximum Gasteiger partial charge on any atom is 0.125 e. The van der Waals surface area contributed by atoms with Crippen LogP contribution in [0.4, 0.5) is 0 Å². The Morgan fingerprint density at radius 2 is 2.10 bits per heavy atom. The van der Waals surface area contributed by atoms with Crippen molar-refractivity contribution in [1.82, 2.24) is 10.2 Å². The average Bonchev–Trinajstić information content (AvgIpc) is 3.14. The molecular weight excluding hydrogens is 248 g/mol. The first kappa shape index (κ1) is 13.4. The Labute approximate surface area is 120 Å². The van der Waals surface area contributed by atoms with Crippen LogP contribution in [0.1, 0.15) is 30.2 Å². The van der Waals surface area contributed by atoms with E-state index in [0.29, 0.717) is 6.04 Å². The smallest absolute Gasteiger partial charge is 0.125 e. The van der Waals surface area contributed by atoms with E-state index in [4.69, 9.17) is 4.42 Å². The molecule has 0 spiro atoms. The lowest BCUT2D eigenvalue weighted by atomic mass is 10.0. The second-order valence-corrected chi connectivity index (χ2v) is 5.56. The van der Waals surface area contributed by atoms with Gasteiger partial charge >= 0.3 is 0 Å². The van der Waals surface area contributed by atoms with Gasteiger partial charge in [0.15, 0.2) is 0 Å². The monoisotopic (exact) mass is 270 g/mol. The van der Waals surface area contributed by atoms with Crippen LogP contribution in [0.15, 0.2) is 53.1 Å². The van der Waals surface area contributed by atoms with Crippen LogP contribution in [-0.2, 0) is 0 Å². The van der Waals surface area contributed by atoms with Gasteiger partial charge in [-0.25, -0.2) is 0 Å². The lowest BCUT2D eigenvalue weighted by Gasteiger charge is -2.29. The van der Waals surface area contributed by atoms with Crippen molar-refractivity contribution < 1.29 is 4.42 Å². The fourth-order valence-electron chi connectivity index (χ4n) is 3.08. The standard InChI is InChI=1S/C17H22N2O/c1-19(13-15-9-5-11-18-15)17(16-10-6-12-20-16)14-7-3-2-4-8-14/h2-4,6-8,10,12,15,17-18H,5,9,11,13H2,1H3. The largest absolute Gasteiger partial charge is 0.467 e. The number of likely N-dealkylation sites (N-methyl/N-ethyl adjacent to an activating group) is 1. The van der Waals surface area contributed by atoms with Crippen LogP contribution in [0.25, 0.3) is 0 Å². The normalized spacial score (nSPS) is 20.4. The molecule has 3 rings (SSSR count). The molecule has 106 valence electrons. The van der Waals surface area contributed by atoms with E-state index in [9.17, 15) is 0 Å². The Morgan fingerprint density at radius 3 is 2.75 bits per heavy atom. The van der Waals surface area contributed by atoms with Gasteiger partial charge in [0.1, 0.15) is 5.76 Å². The van der Waals surface area contributed by atoms with Crippen LogP contribution in [-0.4, -0.2) is 31.1 Å². The summed E-state index contributed by atoms with van der Waals surface area (Å²) >= 11 is 0. The predicted molar refractivity (Wildman–Crippen MR) is 80.6 cm³/mol. The molecule has 3 nitrogen and oxygen atoms in total. The maximum atomic E-state index is 5.67. The van der Waals surface area contributed by atoms with Gasteiger partial charge in [-0.2, -0.15) is 0 Å². The van der Waals surface area contributed by atoms with E-state index in [0.717, 1.165) is 18.8 Å². The van der Waals surface area contributed by atoms with Gasteiger partial charge in [0, 0.05) is 12.6 Å². The average molecular weight is 270 g/mol. The summed E-state index contributed by atoms with van der Waals surface area (Å²) in [7, 11) is 2.18. The van der Waals surface area contributed by atoms with Crippen LogP contribution >= 0.6 is 0 Å². The zero-order chi connectivity index (χ0) is 13.8. The molecule has 1 aromatic carbocycles. The Balaban J connectivity index is 1.81. The SMILES string of the molecule is CN(CC1CCCN1)C(c1ccccc1)c1ccco1. The molecule has 0 radical (unpaired) electrons. The number of benzene rings is 1. The van der Waals surface area contributed by atoms with Crippen molar-refractivity contribution >= 4 is 0 Å². The second-order valence-electron chi connectivity index (χ2n) is 5.56. The van der Waals surface area contributed by atoms with Gasteiger partial charge in [0.25, 0.3) is 0 Å². The van der Waals surface area contributed by atoms with E-state index < -0.39 is 0 Å². The maximum absolute atomic E-state index is 5.67. The van der Waals surface area contributed by atoms with Crippen molar-refractivity contribution in [1.29, 1.82) is 0 Å². The highest BCUT2D eigenvalue weighted by molar-refractivity contribution is 5.26. The highest BCUT2D eigenvalue weighted by atomic mass is 16.3. The van der Waals surface area contributed by atoms with Crippen molar-refractivity contribution in [3.8, 4) is 0 Å². The molecule has 2 unspecified atom stereocenters. The zero-order valence-corrected chi connectivity index (χ0v) is 12.0. The van der Waals surface area contributed by atoms with Gasteiger partial charge in [-0.1, -0.05) is 30.3 Å². The van der Waals surface area contributed by atoms with Gasteiger partial charge in [0.05, 0.1) is 12.3 Å². The first-order valence-corrected chi connectivity index (χ1v) is 7.36. The molecule has 20 heavy (non-hydrogen) atoms. The second kappa shape index (κ2) is 6.25. The number of nitrogens with zero attached hydrogens (tertiary/aromatic N) is 1. The summed E-state index contributed by atoms with van der Waals surface area (Å²) in [5.74, 6) is 1.01. The minimum Gasteiger partial charge on any atom is -0.467 e. The summed E-state index contributed by atoms with van der Waals surface area (Å²) in [6, 6.07) is 15.4. The number of hydrogen-bond acceptors (Lipinski definition) is 3. The molecule has 0 aliphatic carbocycles. The molecule has 1 N–H and O–H groups in total. The van der Waals surface area contributed by atoms with Crippen LogP contribution in [0.5, 0.6) is 0 Å². The molecule has 0 bridgehead atoms. The topological polar surface area (TPSA) is 28.4 Å². The molecule has 0 saturated carbocycles. The summed E-state index contributed by atoms with van der Waals surface area (Å²) in [6.45, 7) is 2.19. The number of furan rings is 1. The minimum absolute atomic E-state index is 0.189.